The van der Waals surface area contributed by atoms with Gasteiger partial charge in [0.15, 0.2) is 11.5 Å². The van der Waals surface area contributed by atoms with Crippen molar-refractivity contribution in [2.24, 2.45) is 0 Å². The Kier molecular flexibility index (Phi) is 8.26. The third-order valence-corrected chi connectivity index (χ3v) is 4.89. The molecule has 0 saturated carbocycles. The van der Waals surface area contributed by atoms with Gasteiger partial charge in [0.25, 0.3) is 11.8 Å². The standard InChI is InChI=1S/C21H27N3O6S/c1-5-6-11-22-21(26)16-12-18(29-2)19(30-3)13-17(16)23-20(25)14-7-9-15(10-8-14)24-31(4,27)28/h7-10,12-13,24H,5-6,11H2,1-4H3,(H,22,26)(H,23,25). The van der Waals surface area contributed by atoms with E-state index in [-0.39, 0.29) is 22.7 Å². The number of hydrogen-bond acceptors (Lipinski definition) is 6. The Morgan fingerprint density at radius 1 is 0.968 bits per heavy atom. The Morgan fingerprint density at radius 3 is 2.13 bits per heavy atom. The summed E-state index contributed by atoms with van der Waals surface area (Å²) in [5.74, 6) is -0.105. The molecule has 168 valence electrons. The number of rotatable bonds is 10. The molecule has 2 aromatic rings. The zero-order valence-corrected chi connectivity index (χ0v) is 18.8. The van der Waals surface area contributed by atoms with E-state index in [0.717, 1.165) is 19.1 Å². The summed E-state index contributed by atoms with van der Waals surface area (Å²) in [7, 11) is -0.503. The minimum absolute atomic E-state index is 0.234. The van der Waals surface area contributed by atoms with Gasteiger partial charge in [0.2, 0.25) is 10.0 Å². The Morgan fingerprint density at radius 2 is 1.58 bits per heavy atom. The van der Waals surface area contributed by atoms with E-state index < -0.39 is 15.9 Å². The maximum absolute atomic E-state index is 12.7. The second kappa shape index (κ2) is 10.7. The molecule has 0 heterocycles. The average Bonchev–Trinajstić information content (AvgIpc) is 2.72. The van der Waals surface area contributed by atoms with Gasteiger partial charge in [-0.1, -0.05) is 13.3 Å². The van der Waals surface area contributed by atoms with E-state index in [1.54, 1.807) is 0 Å². The van der Waals surface area contributed by atoms with Crippen LogP contribution < -0.4 is 24.8 Å². The van der Waals surface area contributed by atoms with Gasteiger partial charge >= 0.3 is 0 Å². The van der Waals surface area contributed by atoms with Gasteiger partial charge in [-0.25, -0.2) is 8.42 Å². The maximum atomic E-state index is 12.7. The Hall–Kier alpha value is -3.27. The SMILES string of the molecule is CCCCNC(=O)c1cc(OC)c(OC)cc1NC(=O)c1ccc(NS(C)(=O)=O)cc1. The molecule has 3 N–H and O–H groups in total. The summed E-state index contributed by atoms with van der Waals surface area (Å²) in [6.07, 6.45) is 2.80. The van der Waals surface area contributed by atoms with Crippen molar-refractivity contribution in [3.8, 4) is 11.5 Å². The van der Waals surface area contributed by atoms with Crippen LogP contribution in [0.4, 0.5) is 11.4 Å². The number of amides is 2. The Bertz CT molecular complexity index is 1040. The van der Waals surface area contributed by atoms with Gasteiger partial charge in [-0.3, -0.25) is 14.3 Å². The maximum Gasteiger partial charge on any atom is 0.255 e. The number of unbranched alkanes of at least 4 members (excludes halogenated alkanes) is 1. The van der Waals surface area contributed by atoms with Crippen LogP contribution in [0.3, 0.4) is 0 Å². The Labute approximate surface area is 182 Å². The summed E-state index contributed by atoms with van der Waals surface area (Å²) in [6.45, 7) is 2.52. The fourth-order valence-corrected chi connectivity index (χ4v) is 3.31. The van der Waals surface area contributed by atoms with Gasteiger partial charge in [0, 0.05) is 23.9 Å². The monoisotopic (exact) mass is 449 g/mol. The lowest BCUT2D eigenvalue weighted by atomic mass is 10.1. The Balaban J connectivity index is 2.30. The summed E-state index contributed by atoms with van der Waals surface area (Å²) >= 11 is 0. The second-order valence-corrected chi connectivity index (χ2v) is 8.52. The third kappa shape index (κ3) is 6.88. The minimum Gasteiger partial charge on any atom is -0.493 e. The molecule has 0 spiro atoms. The van der Waals surface area contributed by atoms with Gasteiger partial charge < -0.3 is 20.1 Å². The normalized spacial score (nSPS) is 10.8. The summed E-state index contributed by atoms with van der Waals surface area (Å²) < 4.78 is 35.5. The van der Waals surface area contributed by atoms with Crippen molar-refractivity contribution >= 4 is 33.2 Å². The fourth-order valence-electron chi connectivity index (χ4n) is 2.74. The first-order valence-corrected chi connectivity index (χ1v) is 11.5. The number of carbonyl (C=O) groups excluding carboxylic acids is 2. The highest BCUT2D eigenvalue weighted by molar-refractivity contribution is 7.92. The van der Waals surface area contributed by atoms with E-state index >= 15 is 0 Å². The highest BCUT2D eigenvalue weighted by atomic mass is 32.2. The molecule has 31 heavy (non-hydrogen) atoms. The number of sulfonamides is 1. The number of methoxy groups -OCH3 is 2. The van der Waals surface area contributed by atoms with Crippen LogP contribution >= 0.6 is 0 Å². The van der Waals surface area contributed by atoms with Gasteiger partial charge in [-0.15, -0.1) is 0 Å². The molecule has 0 aromatic heterocycles. The molecule has 0 fully saturated rings. The van der Waals surface area contributed by atoms with Crippen molar-refractivity contribution in [3.63, 3.8) is 0 Å². The molecule has 0 saturated heterocycles. The van der Waals surface area contributed by atoms with Crippen LogP contribution in [0.25, 0.3) is 0 Å². The summed E-state index contributed by atoms with van der Waals surface area (Å²) in [5.41, 5.74) is 1.11. The molecule has 10 heteroatoms. The van der Waals surface area contributed by atoms with Crippen LogP contribution in [0.1, 0.15) is 40.5 Å². The van der Waals surface area contributed by atoms with Gasteiger partial charge in [0.1, 0.15) is 0 Å². The summed E-state index contributed by atoms with van der Waals surface area (Å²) in [4.78, 5) is 25.4. The number of hydrogen-bond donors (Lipinski definition) is 3. The number of carbonyl (C=O) groups is 2. The lowest BCUT2D eigenvalue weighted by Crippen LogP contribution is -2.26. The highest BCUT2D eigenvalue weighted by Crippen LogP contribution is 2.33. The zero-order chi connectivity index (χ0) is 23.0. The number of nitrogens with one attached hydrogen (secondary N) is 3. The van der Waals surface area contributed by atoms with Crippen LogP contribution in [0.2, 0.25) is 0 Å². The van der Waals surface area contributed by atoms with Crippen LogP contribution in [0, 0.1) is 0 Å². The van der Waals surface area contributed by atoms with E-state index in [0.29, 0.717) is 23.7 Å². The van der Waals surface area contributed by atoms with Crippen LogP contribution in [-0.4, -0.2) is 47.3 Å². The van der Waals surface area contributed by atoms with Gasteiger partial charge in [-0.05, 0) is 36.8 Å². The van der Waals surface area contributed by atoms with Gasteiger partial charge in [0.05, 0.1) is 31.7 Å². The van der Waals surface area contributed by atoms with Crippen molar-refractivity contribution < 1.29 is 27.5 Å². The molecular formula is C21H27N3O6S. The fraction of sp³-hybridized carbons (Fsp3) is 0.333. The molecule has 2 amide bonds. The predicted molar refractivity (Wildman–Crippen MR) is 120 cm³/mol. The number of ether oxygens (including phenoxy) is 2. The molecule has 0 aliphatic carbocycles. The molecule has 2 aromatic carbocycles. The van der Waals surface area contributed by atoms with E-state index in [1.165, 1.54) is 50.6 Å². The topological polar surface area (TPSA) is 123 Å². The minimum atomic E-state index is -3.42. The summed E-state index contributed by atoms with van der Waals surface area (Å²) in [6, 6.07) is 8.93. The quantitative estimate of drug-likeness (QED) is 0.479. The van der Waals surface area contributed by atoms with Crippen LogP contribution in [0.15, 0.2) is 36.4 Å². The van der Waals surface area contributed by atoms with E-state index in [2.05, 4.69) is 15.4 Å². The molecule has 2 rings (SSSR count). The zero-order valence-electron chi connectivity index (χ0n) is 17.9. The first-order chi connectivity index (χ1) is 14.7. The smallest absolute Gasteiger partial charge is 0.255 e. The average molecular weight is 450 g/mol. The van der Waals surface area contributed by atoms with Gasteiger partial charge in [-0.2, -0.15) is 0 Å². The van der Waals surface area contributed by atoms with Crippen LogP contribution in [-0.2, 0) is 10.0 Å². The molecule has 0 bridgehead atoms. The first kappa shape index (κ1) is 24.0. The van der Waals surface area contributed by atoms with E-state index in [1.807, 2.05) is 6.92 Å². The number of anilines is 2. The van der Waals surface area contributed by atoms with Crippen LogP contribution in [0.5, 0.6) is 11.5 Å². The first-order valence-electron chi connectivity index (χ1n) is 9.62. The predicted octanol–water partition coefficient (Wildman–Crippen LogP) is 2.86. The van der Waals surface area contributed by atoms with Crippen molar-refractivity contribution in [2.45, 2.75) is 19.8 Å². The van der Waals surface area contributed by atoms with E-state index in [9.17, 15) is 18.0 Å². The van der Waals surface area contributed by atoms with Crippen molar-refractivity contribution in [1.82, 2.24) is 5.32 Å². The second-order valence-electron chi connectivity index (χ2n) is 6.77. The van der Waals surface area contributed by atoms with Crippen molar-refractivity contribution in [2.75, 3.05) is 37.1 Å². The lowest BCUT2D eigenvalue weighted by Gasteiger charge is -2.16. The molecule has 0 radical (unpaired) electrons. The molecule has 0 aliphatic heterocycles. The van der Waals surface area contributed by atoms with Crippen molar-refractivity contribution in [1.29, 1.82) is 0 Å². The molecule has 9 nitrogen and oxygen atoms in total. The lowest BCUT2D eigenvalue weighted by molar-refractivity contribution is 0.0953. The number of benzene rings is 2. The molecule has 0 unspecified atom stereocenters. The molecular weight excluding hydrogens is 422 g/mol. The summed E-state index contributed by atoms with van der Waals surface area (Å²) in [5, 5.41) is 5.54. The van der Waals surface area contributed by atoms with E-state index in [4.69, 9.17) is 9.47 Å². The van der Waals surface area contributed by atoms with Crippen molar-refractivity contribution in [3.05, 3.63) is 47.5 Å². The third-order valence-electron chi connectivity index (χ3n) is 4.28. The molecule has 0 atom stereocenters. The molecule has 0 aliphatic rings. The highest BCUT2D eigenvalue weighted by Gasteiger charge is 2.19. The largest absolute Gasteiger partial charge is 0.493 e.